The topological polar surface area (TPSA) is 50.2 Å². The molecule has 1 heterocycles. The van der Waals surface area contributed by atoms with Crippen LogP contribution in [0.25, 0.3) is 0 Å². The molecule has 0 spiro atoms. The first-order valence-electron chi connectivity index (χ1n) is 4.72. The third kappa shape index (κ3) is 2.90. The maximum atomic E-state index is 12.9. The lowest BCUT2D eigenvalue weighted by Crippen LogP contribution is -1.89. The van der Waals surface area contributed by atoms with E-state index in [-0.39, 0.29) is 15.4 Å². The Morgan fingerprint density at radius 2 is 1.89 bits per heavy atom. The molecule has 0 saturated carbocycles. The van der Waals surface area contributed by atoms with Crippen LogP contribution in [0.1, 0.15) is 20.2 Å². The molecule has 0 saturated heterocycles. The normalized spacial score (nSPS) is 9.67. The van der Waals surface area contributed by atoms with Crippen molar-refractivity contribution in [2.75, 3.05) is 0 Å². The molecule has 0 amide bonds. The Kier molecular flexibility index (Phi) is 3.35. The summed E-state index contributed by atoms with van der Waals surface area (Å²) in [6.45, 7) is 0. The Balaban J connectivity index is 2.27. The number of aromatic carboxylic acids is 1. The van der Waals surface area contributed by atoms with Crippen molar-refractivity contribution in [3.05, 3.63) is 51.5 Å². The van der Waals surface area contributed by atoms with Crippen LogP contribution >= 0.6 is 11.3 Å². The van der Waals surface area contributed by atoms with Gasteiger partial charge in [0.15, 0.2) is 5.01 Å². The van der Waals surface area contributed by atoms with Gasteiger partial charge in [0.25, 0.3) is 0 Å². The van der Waals surface area contributed by atoms with Crippen molar-refractivity contribution in [3.8, 4) is 11.8 Å². The van der Waals surface area contributed by atoms with Crippen LogP contribution in [0.2, 0.25) is 0 Å². The lowest BCUT2D eigenvalue weighted by Gasteiger charge is -1.91. The van der Waals surface area contributed by atoms with Crippen LogP contribution in [0, 0.1) is 23.5 Å². The second-order valence-electron chi connectivity index (χ2n) is 3.24. The van der Waals surface area contributed by atoms with E-state index in [2.05, 4.69) is 16.8 Å². The fraction of sp³-hybridized carbons (Fsp3) is 0. The van der Waals surface area contributed by atoms with Crippen LogP contribution in [0.4, 0.5) is 8.78 Å². The number of carboxylic acids is 1. The molecule has 1 aromatic carbocycles. The van der Waals surface area contributed by atoms with Crippen molar-refractivity contribution in [2.24, 2.45) is 0 Å². The summed E-state index contributed by atoms with van der Waals surface area (Å²) in [5, 5.41) is 8.95. The summed E-state index contributed by atoms with van der Waals surface area (Å²) in [5.41, 5.74) is 0.166. The largest absolute Gasteiger partial charge is 0.477 e. The fourth-order valence-corrected chi connectivity index (χ4v) is 1.79. The smallest absolute Gasteiger partial charge is 0.347 e. The maximum Gasteiger partial charge on any atom is 0.347 e. The summed E-state index contributed by atoms with van der Waals surface area (Å²) in [6, 6.07) is 2.92. The molecule has 6 heteroatoms. The Morgan fingerprint density at radius 3 is 2.44 bits per heavy atom. The van der Waals surface area contributed by atoms with Gasteiger partial charge < -0.3 is 5.11 Å². The molecule has 0 aliphatic rings. The Labute approximate surface area is 105 Å². The van der Waals surface area contributed by atoms with Gasteiger partial charge in [-0.1, -0.05) is 17.3 Å². The molecule has 0 fully saturated rings. The summed E-state index contributed by atoms with van der Waals surface area (Å²) < 4.78 is 25.7. The number of carbonyl (C=O) groups is 1. The van der Waals surface area contributed by atoms with E-state index in [9.17, 15) is 13.6 Å². The molecule has 0 radical (unpaired) electrons. The molecule has 2 aromatic rings. The van der Waals surface area contributed by atoms with E-state index in [0.717, 1.165) is 29.5 Å². The fourth-order valence-electron chi connectivity index (χ4n) is 1.18. The van der Waals surface area contributed by atoms with Crippen molar-refractivity contribution in [1.82, 2.24) is 4.98 Å². The maximum absolute atomic E-state index is 12.9. The van der Waals surface area contributed by atoms with Gasteiger partial charge in [0.1, 0.15) is 16.5 Å². The zero-order valence-electron chi connectivity index (χ0n) is 8.78. The van der Waals surface area contributed by atoms with Crippen molar-refractivity contribution < 1.29 is 18.7 Å². The molecule has 0 bridgehead atoms. The van der Waals surface area contributed by atoms with E-state index in [1.807, 2.05) is 0 Å². The second-order valence-corrected chi connectivity index (χ2v) is 4.27. The third-order valence-electron chi connectivity index (χ3n) is 1.89. The van der Waals surface area contributed by atoms with E-state index in [1.165, 1.54) is 6.20 Å². The average molecular weight is 265 g/mol. The first-order valence-corrected chi connectivity index (χ1v) is 5.53. The summed E-state index contributed by atoms with van der Waals surface area (Å²) in [4.78, 5) is 14.4. The minimum Gasteiger partial charge on any atom is -0.477 e. The van der Waals surface area contributed by atoms with Crippen LogP contribution in [-0.2, 0) is 0 Å². The van der Waals surface area contributed by atoms with E-state index in [4.69, 9.17) is 5.11 Å². The van der Waals surface area contributed by atoms with Gasteiger partial charge in [0.2, 0.25) is 0 Å². The average Bonchev–Trinajstić information content (AvgIpc) is 2.73. The number of nitrogens with zero attached hydrogens (tertiary/aromatic N) is 1. The SMILES string of the molecule is O=C(O)c1cnc(C#Cc2cc(F)cc(F)c2)s1. The zero-order valence-corrected chi connectivity index (χ0v) is 9.59. The van der Waals surface area contributed by atoms with Gasteiger partial charge in [0, 0.05) is 11.6 Å². The molecule has 18 heavy (non-hydrogen) atoms. The number of hydrogen-bond acceptors (Lipinski definition) is 3. The van der Waals surface area contributed by atoms with Gasteiger partial charge >= 0.3 is 5.97 Å². The standard InChI is InChI=1S/C12H5F2NO2S/c13-8-3-7(4-9(14)5-8)1-2-11-15-6-10(18-11)12(16)17/h3-6H,(H,16,17). The molecule has 1 aromatic heterocycles. The molecular weight excluding hydrogens is 260 g/mol. The van der Waals surface area contributed by atoms with Crippen molar-refractivity contribution >= 4 is 17.3 Å². The van der Waals surface area contributed by atoms with Crippen LogP contribution in [-0.4, -0.2) is 16.1 Å². The predicted molar refractivity (Wildman–Crippen MR) is 61.4 cm³/mol. The summed E-state index contributed by atoms with van der Waals surface area (Å²) >= 11 is 0.897. The Hall–Kier alpha value is -2.26. The van der Waals surface area contributed by atoms with Crippen molar-refractivity contribution in [2.45, 2.75) is 0 Å². The van der Waals surface area contributed by atoms with Gasteiger partial charge in [-0.15, -0.1) is 0 Å². The van der Waals surface area contributed by atoms with Crippen LogP contribution in [0.15, 0.2) is 24.4 Å². The van der Waals surface area contributed by atoms with Crippen LogP contribution in [0.3, 0.4) is 0 Å². The number of thiazole rings is 1. The number of benzene rings is 1. The number of carboxylic acid groups (broad SMARTS) is 1. The summed E-state index contributed by atoms with van der Waals surface area (Å²) in [6.07, 6.45) is 1.18. The lowest BCUT2D eigenvalue weighted by molar-refractivity contribution is 0.0702. The number of hydrogen-bond donors (Lipinski definition) is 1. The quantitative estimate of drug-likeness (QED) is 0.806. The highest BCUT2D eigenvalue weighted by atomic mass is 32.1. The molecule has 0 atom stereocenters. The molecule has 90 valence electrons. The first-order chi connectivity index (χ1) is 8.54. The van der Waals surface area contributed by atoms with Gasteiger partial charge in [-0.3, -0.25) is 0 Å². The highest BCUT2D eigenvalue weighted by Gasteiger charge is 2.06. The van der Waals surface area contributed by atoms with Gasteiger partial charge in [-0.25, -0.2) is 18.6 Å². The molecule has 0 aliphatic heterocycles. The Morgan fingerprint density at radius 1 is 1.22 bits per heavy atom. The molecule has 3 nitrogen and oxygen atoms in total. The zero-order chi connectivity index (χ0) is 13.1. The van der Waals surface area contributed by atoms with E-state index < -0.39 is 17.6 Å². The second kappa shape index (κ2) is 4.94. The number of rotatable bonds is 1. The number of aromatic nitrogens is 1. The van der Waals surface area contributed by atoms with Crippen molar-refractivity contribution in [3.63, 3.8) is 0 Å². The molecule has 0 unspecified atom stereocenters. The van der Waals surface area contributed by atoms with Gasteiger partial charge in [-0.05, 0) is 18.1 Å². The van der Waals surface area contributed by atoms with Crippen molar-refractivity contribution in [1.29, 1.82) is 0 Å². The van der Waals surface area contributed by atoms with Gasteiger partial charge in [0.05, 0.1) is 6.20 Å². The van der Waals surface area contributed by atoms with E-state index in [0.29, 0.717) is 0 Å². The molecule has 2 rings (SSSR count). The lowest BCUT2D eigenvalue weighted by atomic mass is 10.2. The summed E-state index contributed by atoms with van der Waals surface area (Å²) in [5.74, 6) is 2.55. The van der Waals surface area contributed by atoms with E-state index in [1.54, 1.807) is 0 Å². The molecule has 0 aliphatic carbocycles. The highest BCUT2D eigenvalue weighted by molar-refractivity contribution is 7.14. The monoisotopic (exact) mass is 265 g/mol. The molecular formula is C12H5F2NO2S. The number of halogens is 2. The van der Waals surface area contributed by atoms with E-state index >= 15 is 0 Å². The Bertz CT molecular complexity index is 650. The summed E-state index contributed by atoms with van der Waals surface area (Å²) in [7, 11) is 0. The highest BCUT2D eigenvalue weighted by Crippen LogP contribution is 2.12. The minimum atomic E-state index is -1.09. The van der Waals surface area contributed by atoms with Gasteiger partial charge in [-0.2, -0.15) is 0 Å². The van der Waals surface area contributed by atoms with Crippen LogP contribution < -0.4 is 0 Å². The van der Waals surface area contributed by atoms with Crippen LogP contribution in [0.5, 0.6) is 0 Å². The third-order valence-corrected chi connectivity index (χ3v) is 2.79. The minimum absolute atomic E-state index is 0.0599. The molecule has 1 N–H and O–H groups in total. The predicted octanol–water partition coefficient (Wildman–Crippen LogP) is 2.52. The first kappa shape index (κ1) is 12.2.